The van der Waals surface area contributed by atoms with E-state index in [-0.39, 0.29) is 10.7 Å². The second-order valence-corrected chi connectivity index (χ2v) is 3.56. The summed E-state index contributed by atoms with van der Waals surface area (Å²) in [5, 5.41) is 8.33. The van der Waals surface area contributed by atoms with E-state index in [1.54, 1.807) is 6.26 Å². The molecular weight excluding hydrogens is 235 g/mol. The SMILES string of the molecule is CSCC(=O)N(CC(=O)O)CC(F)(F)F. The van der Waals surface area contributed by atoms with Crippen LogP contribution < -0.4 is 0 Å². The normalized spacial score (nSPS) is 11.2. The highest BCUT2D eigenvalue weighted by Crippen LogP contribution is 2.16. The molecule has 0 rings (SSSR count). The Morgan fingerprint density at radius 1 is 1.40 bits per heavy atom. The van der Waals surface area contributed by atoms with E-state index in [4.69, 9.17) is 5.11 Å². The summed E-state index contributed by atoms with van der Waals surface area (Å²) in [6.45, 7) is -2.46. The van der Waals surface area contributed by atoms with E-state index in [2.05, 4.69) is 0 Å². The van der Waals surface area contributed by atoms with Crippen molar-refractivity contribution in [2.24, 2.45) is 0 Å². The summed E-state index contributed by atoms with van der Waals surface area (Å²) in [7, 11) is 0. The minimum absolute atomic E-state index is 0.163. The number of carboxylic acids is 1. The van der Waals surface area contributed by atoms with E-state index in [1.165, 1.54) is 0 Å². The number of hydrogen-bond acceptors (Lipinski definition) is 3. The third-order valence-electron chi connectivity index (χ3n) is 1.32. The molecule has 0 fully saturated rings. The van der Waals surface area contributed by atoms with Crippen molar-refractivity contribution in [3.8, 4) is 0 Å². The van der Waals surface area contributed by atoms with Crippen molar-refractivity contribution in [2.45, 2.75) is 6.18 Å². The lowest BCUT2D eigenvalue weighted by Gasteiger charge is -2.21. The van der Waals surface area contributed by atoms with Gasteiger partial charge in [-0.05, 0) is 6.26 Å². The van der Waals surface area contributed by atoms with Gasteiger partial charge in [-0.1, -0.05) is 0 Å². The maximum atomic E-state index is 12.0. The number of amides is 1. The first-order chi connectivity index (χ1) is 6.76. The summed E-state index contributed by atoms with van der Waals surface area (Å²) in [5.41, 5.74) is 0. The number of aliphatic carboxylic acids is 1. The molecule has 0 spiro atoms. The average Bonchev–Trinajstić information content (AvgIpc) is 1.99. The Morgan fingerprint density at radius 2 is 1.93 bits per heavy atom. The zero-order chi connectivity index (χ0) is 12.1. The molecule has 0 radical (unpaired) electrons. The van der Waals surface area contributed by atoms with Crippen LogP contribution in [0.25, 0.3) is 0 Å². The third-order valence-corrected chi connectivity index (χ3v) is 1.85. The van der Waals surface area contributed by atoms with Crippen LogP contribution in [0.15, 0.2) is 0 Å². The Hall–Kier alpha value is -0.920. The summed E-state index contributed by atoms with van der Waals surface area (Å²) in [4.78, 5) is 21.6. The largest absolute Gasteiger partial charge is 0.480 e. The van der Waals surface area contributed by atoms with Crippen molar-refractivity contribution in [1.82, 2.24) is 4.90 Å². The van der Waals surface area contributed by atoms with Crippen molar-refractivity contribution in [3.05, 3.63) is 0 Å². The lowest BCUT2D eigenvalue weighted by molar-refractivity contribution is -0.164. The van der Waals surface area contributed by atoms with Crippen LogP contribution in [0.3, 0.4) is 0 Å². The average molecular weight is 245 g/mol. The van der Waals surface area contributed by atoms with Crippen molar-refractivity contribution in [1.29, 1.82) is 0 Å². The number of thioether (sulfide) groups is 1. The topological polar surface area (TPSA) is 57.6 Å². The van der Waals surface area contributed by atoms with Crippen LogP contribution in [0.1, 0.15) is 0 Å². The highest BCUT2D eigenvalue weighted by molar-refractivity contribution is 7.99. The second kappa shape index (κ2) is 5.84. The zero-order valence-electron chi connectivity index (χ0n) is 7.87. The van der Waals surface area contributed by atoms with Crippen molar-refractivity contribution in [2.75, 3.05) is 25.1 Å². The Kier molecular flexibility index (Phi) is 5.48. The molecule has 0 bridgehead atoms. The van der Waals surface area contributed by atoms with Gasteiger partial charge in [0.1, 0.15) is 13.1 Å². The number of carboxylic acid groups (broad SMARTS) is 1. The molecule has 0 aromatic heterocycles. The molecule has 0 aliphatic rings. The van der Waals surface area contributed by atoms with Crippen LogP contribution in [-0.2, 0) is 9.59 Å². The van der Waals surface area contributed by atoms with Crippen LogP contribution >= 0.6 is 11.8 Å². The van der Waals surface area contributed by atoms with Crippen molar-refractivity contribution >= 4 is 23.6 Å². The highest BCUT2D eigenvalue weighted by Gasteiger charge is 2.33. The molecule has 0 saturated heterocycles. The Bertz CT molecular complexity index is 244. The molecule has 1 amide bonds. The third kappa shape index (κ3) is 7.06. The van der Waals surface area contributed by atoms with Gasteiger partial charge < -0.3 is 10.0 Å². The fourth-order valence-corrected chi connectivity index (χ4v) is 1.26. The van der Waals surface area contributed by atoms with Crippen LogP contribution in [0.5, 0.6) is 0 Å². The minimum atomic E-state index is -4.58. The lowest BCUT2D eigenvalue weighted by Crippen LogP contribution is -2.42. The molecule has 0 aromatic carbocycles. The number of rotatable bonds is 5. The quantitative estimate of drug-likeness (QED) is 0.779. The standard InChI is InChI=1S/C7H10F3NO3S/c1-15-3-5(12)11(2-6(13)14)4-7(8,9)10/h2-4H2,1H3,(H,13,14). The molecule has 15 heavy (non-hydrogen) atoms. The molecule has 0 atom stereocenters. The van der Waals surface area contributed by atoms with Gasteiger partial charge in [-0.3, -0.25) is 9.59 Å². The summed E-state index contributed by atoms with van der Waals surface area (Å²) in [5.74, 6) is -2.46. The van der Waals surface area contributed by atoms with E-state index >= 15 is 0 Å². The first kappa shape index (κ1) is 14.1. The number of halogens is 3. The fraction of sp³-hybridized carbons (Fsp3) is 0.714. The van der Waals surface area contributed by atoms with Gasteiger partial charge in [0.15, 0.2) is 0 Å². The maximum Gasteiger partial charge on any atom is 0.406 e. The molecule has 1 N–H and O–H groups in total. The molecule has 0 aliphatic heterocycles. The fourth-order valence-electron chi connectivity index (χ4n) is 0.827. The van der Waals surface area contributed by atoms with E-state index in [9.17, 15) is 22.8 Å². The van der Waals surface area contributed by atoms with E-state index < -0.39 is 31.1 Å². The molecule has 0 unspecified atom stereocenters. The monoisotopic (exact) mass is 245 g/mol. The predicted octanol–water partition coefficient (Wildman–Crippen LogP) is 0.825. The molecule has 0 aromatic rings. The lowest BCUT2D eigenvalue weighted by atomic mass is 10.4. The van der Waals surface area contributed by atoms with Crippen molar-refractivity contribution < 1.29 is 27.9 Å². The zero-order valence-corrected chi connectivity index (χ0v) is 8.69. The number of hydrogen-bond donors (Lipinski definition) is 1. The predicted molar refractivity (Wildman–Crippen MR) is 48.7 cm³/mol. The van der Waals surface area contributed by atoms with Gasteiger partial charge in [0.05, 0.1) is 5.75 Å². The summed E-state index contributed by atoms with van der Waals surface area (Å²) in [6, 6.07) is 0. The Balaban J connectivity index is 4.44. The van der Waals surface area contributed by atoms with Gasteiger partial charge in [0.25, 0.3) is 0 Å². The van der Waals surface area contributed by atoms with E-state index in [1.807, 2.05) is 0 Å². The van der Waals surface area contributed by atoms with Crippen molar-refractivity contribution in [3.63, 3.8) is 0 Å². The molecule has 0 saturated carbocycles. The number of carbonyl (C=O) groups is 2. The number of carbonyl (C=O) groups excluding carboxylic acids is 1. The van der Waals surface area contributed by atoms with Crippen LogP contribution in [0.2, 0.25) is 0 Å². The highest BCUT2D eigenvalue weighted by atomic mass is 32.2. The van der Waals surface area contributed by atoms with Crippen LogP contribution in [0.4, 0.5) is 13.2 Å². The second-order valence-electron chi connectivity index (χ2n) is 2.69. The van der Waals surface area contributed by atoms with Gasteiger partial charge in [-0.2, -0.15) is 24.9 Å². The molecule has 0 heterocycles. The van der Waals surface area contributed by atoms with Gasteiger partial charge >= 0.3 is 12.1 Å². The molecule has 88 valence electrons. The van der Waals surface area contributed by atoms with Gasteiger partial charge in [0.2, 0.25) is 5.91 Å². The maximum absolute atomic E-state index is 12.0. The van der Waals surface area contributed by atoms with E-state index in [0.29, 0.717) is 0 Å². The molecule has 0 aliphatic carbocycles. The van der Waals surface area contributed by atoms with Gasteiger partial charge in [-0.15, -0.1) is 0 Å². The smallest absolute Gasteiger partial charge is 0.406 e. The molecule has 4 nitrogen and oxygen atoms in total. The van der Waals surface area contributed by atoms with Gasteiger partial charge in [-0.25, -0.2) is 0 Å². The number of nitrogens with zero attached hydrogens (tertiary/aromatic N) is 1. The van der Waals surface area contributed by atoms with E-state index in [0.717, 1.165) is 11.8 Å². The Morgan fingerprint density at radius 3 is 2.27 bits per heavy atom. The summed E-state index contributed by atoms with van der Waals surface area (Å²) >= 11 is 1.04. The summed E-state index contributed by atoms with van der Waals surface area (Å²) in [6.07, 6.45) is -3.03. The van der Waals surface area contributed by atoms with Crippen LogP contribution in [-0.4, -0.2) is 53.2 Å². The Labute approximate surface area is 88.4 Å². The molecule has 8 heteroatoms. The molecular formula is C7H10F3NO3S. The summed E-state index contributed by atoms with van der Waals surface area (Å²) < 4.78 is 35.9. The van der Waals surface area contributed by atoms with Gasteiger partial charge in [0, 0.05) is 0 Å². The first-order valence-corrected chi connectivity index (χ1v) is 5.21. The van der Waals surface area contributed by atoms with Crippen LogP contribution in [0, 0.1) is 0 Å². The number of alkyl halides is 3. The first-order valence-electron chi connectivity index (χ1n) is 3.81. The minimum Gasteiger partial charge on any atom is -0.480 e.